The van der Waals surface area contributed by atoms with Gasteiger partial charge in [-0.2, -0.15) is 12.6 Å². The van der Waals surface area contributed by atoms with E-state index in [1.54, 1.807) is 0 Å². The molecule has 0 aromatic rings. The number of hydrogen-bond acceptors (Lipinski definition) is 2. The minimum atomic E-state index is 0.407. The van der Waals surface area contributed by atoms with E-state index in [0.29, 0.717) is 5.37 Å². The maximum Gasteiger partial charge on any atom is 0.0501 e. The Kier molecular flexibility index (Phi) is 5.88. The standard InChI is InChI=1S/C11H23NS/c1-2-11(13)12-10-8-6-4-3-5-7-9-10/h10-13H,2-9H2,1H3. The zero-order valence-corrected chi connectivity index (χ0v) is 9.65. The van der Waals surface area contributed by atoms with Gasteiger partial charge in [0.05, 0.1) is 5.37 Å². The molecule has 1 aliphatic carbocycles. The first kappa shape index (κ1) is 11.4. The summed E-state index contributed by atoms with van der Waals surface area (Å²) in [4.78, 5) is 0. The van der Waals surface area contributed by atoms with Crippen LogP contribution in [0.2, 0.25) is 0 Å². The van der Waals surface area contributed by atoms with Crippen molar-refractivity contribution in [1.82, 2.24) is 5.32 Å². The molecule has 0 spiro atoms. The molecule has 0 heterocycles. The number of rotatable bonds is 3. The molecular weight excluding hydrogens is 178 g/mol. The minimum Gasteiger partial charge on any atom is -0.303 e. The Hall–Kier alpha value is 0.310. The molecule has 78 valence electrons. The molecule has 0 aliphatic heterocycles. The summed E-state index contributed by atoms with van der Waals surface area (Å²) in [6, 6.07) is 0.739. The van der Waals surface area contributed by atoms with Gasteiger partial charge in [0.2, 0.25) is 0 Å². The van der Waals surface area contributed by atoms with Crippen LogP contribution in [0.1, 0.15) is 58.3 Å². The first-order chi connectivity index (χ1) is 6.33. The molecule has 0 amide bonds. The first-order valence-electron chi connectivity index (χ1n) is 5.77. The Balaban J connectivity index is 2.21. The van der Waals surface area contributed by atoms with Crippen LogP contribution in [0, 0.1) is 0 Å². The van der Waals surface area contributed by atoms with Crippen LogP contribution in [0.5, 0.6) is 0 Å². The molecule has 1 unspecified atom stereocenters. The third-order valence-electron chi connectivity index (χ3n) is 2.92. The molecule has 1 saturated carbocycles. The van der Waals surface area contributed by atoms with Gasteiger partial charge in [-0.05, 0) is 19.3 Å². The van der Waals surface area contributed by atoms with Gasteiger partial charge in [-0.1, -0.05) is 39.0 Å². The summed E-state index contributed by atoms with van der Waals surface area (Å²) in [7, 11) is 0. The van der Waals surface area contributed by atoms with Crippen LogP contribution < -0.4 is 5.32 Å². The first-order valence-corrected chi connectivity index (χ1v) is 6.28. The van der Waals surface area contributed by atoms with Gasteiger partial charge >= 0.3 is 0 Å². The Bertz CT molecular complexity index is 119. The van der Waals surface area contributed by atoms with Gasteiger partial charge in [0, 0.05) is 6.04 Å². The van der Waals surface area contributed by atoms with Crippen LogP contribution >= 0.6 is 12.6 Å². The topological polar surface area (TPSA) is 12.0 Å². The quantitative estimate of drug-likeness (QED) is 0.527. The van der Waals surface area contributed by atoms with E-state index in [-0.39, 0.29) is 0 Å². The summed E-state index contributed by atoms with van der Waals surface area (Å²) in [5.41, 5.74) is 0. The van der Waals surface area contributed by atoms with Crippen molar-refractivity contribution in [3.05, 3.63) is 0 Å². The lowest BCUT2D eigenvalue weighted by molar-refractivity contribution is 0.382. The normalized spacial score (nSPS) is 23.5. The van der Waals surface area contributed by atoms with Crippen LogP contribution in [0.25, 0.3) is 0 Å². The third kappa shape index (κ3) is 4.92. The van der Waals surface area contributed by atoms with Gasteiger partial charge < -0.3 is 5.32 Å². The summed E-state index contributed by atoms with van der Waals surface area (Å²) in [6.07, 6.45) is 11.0. The minimum absolute atomic E-state index is 0.407. The van der Waals surface area contributed by atoms with Crippen LogP contribution in [-0.4, -0.2) is 11.4 Å². The van der Waals surface area contributed by atoms with Crippen LogP contribution in [0.3, 0.4) is 0 Å². The highest BCUT2D eigenvalue weighted by molar-refractivity contribution is 7.80. The third-order valence-corrected chi connectivity index (χ3v) is 3.43. The maximum absolute atomic E-state index is 4.49. The van der Waals surface area contributed by atoms with Crippen LogP contribution in [-0.2, 0) is 0 Å². The lowest BCUT2D eigenvalue weighted by atomic mass is 9.97. The molecule has 0 bridgehead atoms. The molecule has 0 saturated heterocycles. The smallest absolute Gasteiger partial charge is 0.0501 e. The molecule has 0 radical (unpaired) electrons. The highest BCUT2D eigenvalue weighted by atomic mass is 32.1. The van der Waals surface area contributed by atoms with E-state index in [1.807, 2.05) is 0 Å². The van der Waals surface area contributed by atoms with E-state index in [0.717, 1.165) is 12.5 Å². The van der Waals surface area contributed by atoms with Gasteiger partial charge in [0.1, 0.15) is 0 Å². The highest BCUT2D eigenvalue weighted by Crippen LogP contribution is 2.18. The summed E-state index contributed by atoms with van der Waals surface area (Å²) < 4.78 is 0. The van der Waals surface area contributed by atoms with Gasteiger partial charge in [0.25, 0.3) is 0 Å². The van der Waals surface area contributed by atoms with Gasteiger partial charge in [-0.25, -0.2) is 0 Å². The van der Waals surface area contributed by atoms with Crippen molar-refractivity contribution >= 4 is 12.6 Å². The summed E-state index contributed by atoms with van der Waals surface area (Å²) >= 11 is 4.49. The summed E-state index contributed by atoms with van der Waals surface area (Å²) in [5.74, 6) is 0. The number of thiol groups is 1. The fraction of sp³-hybridized carbons (Fsp3) is 1.00. The Labute approximate surface area is 88.1 Å². The second-order valence-electron chi connectivity index (χ2n) is 4.13. The summed E-state index contributed by atoms with van der Waals surface area (Å²) in [5, 5.41) is 4.01. The molecule has 13 heavy (non-hydrogen) atoms. The Morgan fingerprint density at radius 2 is 1.69 bits per heavy atom. The maximum atomic E-state index is 4.49. The second kappa shape index (κ2) is 6.72. The molecule has 1 atom stereocenters. The zero-order chi connectivity index (χ0) is 9.52. The molecule has 1 fully saturated rings. The average Bonchev–Trinajstić information content (AvgIpc) is 2.09. The lowest BCUT2D eigenvalue weighted by Gasteiger charge is -2.23. The van der Waals surface area contributed by atoms with Crippen molar-refractivity contribution in [3.63, 3.8) is 0 Å². The zero-order valence-electron chi connectivity index (χ0n) is 8.76. The van der Waals surface area contributed by atoms with E-state index >= 15 is 0 Å². The fourth-order valence-electron chi connectivity index (χ4n) is 2.01. The van der Waals surface area contributed by atoms with Crippen molar-refractivity contribution in [2.45, 2.75) is 69.7 Å². The van der Waals surface area contributed by atoms with E-state index in [4.69, 9.17) is 0 Å². The van der Waals surface area contributed by atoms with E-state index < -0.39 is 0 Å². The molecule has 1 aliphatic rings. The van der Waals surface area contributed by atoms with Crippen LogP contribution in [0.15, 0.2) is 0 Å². The van der Waals surface area contributed by atoms with Gasteiger partial charge in [-0.15, -0.1) is 0 Å². The predicted molar refractivity (Wildman–Crippen MR) is 62.3 cm³/mol. The average molecular weight is 201 g/mol. The molecule has 2 heteroatoms. The highest BCUT2D eigenvalue weighted by Gasteiger charge is 2.12. The number of hydrogen-bond donors (Lipinski definition) is 2. The molecule has 1 N–H and O–H groups in total. The molecule has 0 aromatic heterocycles. The molecule has 0 aromatic carbocycles. The van der Waals surface area contributed by atoms with Crippen LogP contribution in [0.4, 0.5) is 0 Å². The van der Waals surface area contributed by atoms with E-state index in [9.17, 15) is 0 Å². The predicted octanol–water partition coefficient (Wildman–Crippen LogP) is 3.35. The Morgan fingerprint density at radius 1 is 1.15 bits per heavy atom. The van der Waals surface area contributed by atoms with Crippen molar-refractivity contribution in [3.8, 4) is 0 Å². The van der Waals surface area contributed by atoms with Gasteiger partial charge in [-0.3, -0.25) is 0 Å². The molecule has 1 nitrogen and oxygen atoms in total. The van der Waals surface area contributed by atoms with Crippen molar-refractivity contribution in [1.29, 1.82) is 0 Å². The van der Waals surface area contributed by atoms with E-state index in [1.165, 1.54) is 44.9 Å². The van der Waals surface area contributed by atoms with Crippen molar-refractivity contribution in [2.75, 3.05) is 0 Å². The Morgan fingerprint density at radius 3 is 2.23 bits per heavy atom. The number of nitrogens with one attached hydrogen (secondary N) is 1. The largest absolute Gasteiger partial charge is 0.303 e. The SMILES string of the molecule is CCC(S)NC1CCCCCCC1. The lowest BCUT2D eigenvalue weighted by Crippen LogP contribution is -2.35. The summed E-state index contributed by atoms with van der Waals surface area (Å²) in [6.45, 7) is 2.19. The van der Waals surface area contributed by atoms with Crippen molar-refractivity contribution in [2.24, 2.45) is 0 Å². The fourth-order valence-corrected chi connectivity index (χ4v) is 2.22. The van der Waals surface area contributed by atoms with Gasteiger partial charge in [0.15, 0.2) is 0 Å². The van der Waals surface area contributed by atoms with Crippen molar-refractivity contribution < 1.29 is 0 Å². The monoisotopic (exact) mass is 201 g/mol. The van der Waals surface area contributed by atoms with E-state index in [2.05, 4.69) is 24.9 Å². The second-order valence-corrected chi connectivity index (χ2v) is 4.76. The molecular formula is C11H23NS. The molecule has 1 rings (SSSR count).